The highest BCUT2D eigenvalue weighted by Crippen LogP contribution is 2.37. The molecule has 31 heavy (non-hydrogen) atoms. The number of pyridine rings is 2. The lowest BCUT2D eigenvalue weighted by atomic mass is 10.1. The summed E-state index contributed by atoms with van der Waals surface area (Å²) in [4.78, 5) is 19.8. The molecule has 6 N–H and O–H groups in total. The molecule has 0 aliphatic heterocycles. The lowest BCUT2D eigenvalue weighted by Gasteiger charge is -2.17. The van der Waals surface area contributed by atoms with Crippen LogP contribution in [0.25, 0.3) is 0 Å². The van der Waals surface area contributed by atoms with Gasteiger partial charge in [-0.25, -0.2) is 9.97 Å². The highest BCUT2D eigenvalue weighted by molar-refractivity contribution is 5.98. The molecule has 0 bridgehead atoms. The van der Waals surface area contributed by atoms with Crippen LogP contribution in [-0.4, -0.2) is 29.1 Å². The van der Waals surface area contributed by atoms with E-state index < -0.39 is 17.6 Å². The molecule has 2 heterocycles. The van der Waals surface area contributed by atoms with Crippen LogP contribution < -0.4 is 21.7 Å². The number of nitrogens with one attached hydrogen (secondary N) is 4. The number of anilines is 5. The molecule has 160 valence electrons. The summed E-state index contributed by atoms with van der Waals surface area (Å²) in [5.74, 6) is -0.438. The molecule has 0 radical (unpaired) electrons. The molecule has 11 heteroatoms. The van der Waals surface area contributed by atoms with Crippen LogP contribution in [0.1, 0.15) is 21.6 Å². The first kappa shape index (κ1) is 21.6. The van der Waals surface area contributed by atoms with E-state index in [0.717, 1.165) is 6.21 Å². The third-order valence-corrected chi connectivity index (χ3v) is 4.24. The number of nitrogens with zero attached hydrogens (tertiary/aromatic N) is 2. The van der Waals surface area contributed by atoms with Gasteiger partial charge in [0, 0.05) is 48.7 Å². The van der Waals surface area contributed by atoms with Gasteiger partial charge < -0.3 is 27.1 Å². The van der Waals surface area contributed by atoms with Crippen molar-refractivity contribution in [3.8, 4) is 0 Å². The molecule has 1 aromatic carbocycles. The second kappa shape index (κ2) is 8.69. The minimum atomic E-state index is -4.68. The van der Waals surface area contributed by atoms with Crippen LogP contribution in [0.2, 0.25) is 0 Å². The molecule has 0 atom stereocenters. The number of aromatic nitrogens is 2. The normalized spacial score (nSPS) is 11.0. The van der Waals surface area contributed by atoms with Crippen molar-refractivity contribution in [2.45, 2.75) is 6.18 Å². The smallest absolute Gasteiger partial charge is 0.398 e. The number of carbonyl (C=O) groups excluding carboxylic acids is 1. The minimum absolute atomic E-state index is 0.0568. The summed E-state index contributed by atoms with van der Waals surface area (Å²) >= 11 is 0. The van der Waals surface area contributed by atoms with Crippen molar-refractivity contribution >= 4 is 40.7 Å². The van der Waals surface area contributed by atoms with Crippen molar-refractivity contribution in [3.63, 3.8) is 0 Å². The van der Waals surface area contributed by atoms with Crippen LogP contribution in [0.15, 0.2) is 48.8 Å². The number of nitrogens with two attached hydrogens (primary N) is 1. The summed E-state index contributed by atoms with van der Waals surface area (Å²) in [7, 11) is 1.39. The Morgan fingerprint density at radius 2 is 1.90 bits per heavy atom. The molecule has 0 spiro atoms. The number of rotatable bonds is 6. The molecular formula is C20H18F3N7O. The molecule has 0 unspecified atom stereocenters. The van der Waals surface area contributed by atoms with Crippen LogP contribution >= 0.6 is 0 Å². The minimum Gasteiger partial charge on any atom is -0.398 e. The molecule has 2 aromatic heterocycles. The van der Waals surface area contributed by atoms with Crippen molar-refractivity contribution in [2.24, 2.45) is 0 Å². The van der Waals surface area contributed by atoms with Gasteiger partial charge in [-0.2, -0.15) is 13.2 Å². The van der Waals surface area contributed by atoms with Gasteiger partial charge in [-0.15, -0.1) is 0 Å². The van der Waals surface area contributed by atoms with E-state index in [4.69, 9.17) is 11.1 Å². The first-order valence-electron chi connectivity index (χ1n) is 8.91. The molecule has 0 aliphatic rings. The Hall–Kier alpha value is -4.15. The monoisotopic (exact) mass is 429 g/mol. The van der Waals surface area contributed by atoms with Gasteiger partial charge in [0.1, 0.15) is 5.82 Å². The number of benzene rings is 1. The Morgan fingerprint density at radius 3 is 2.58 bits per heavy atom. The van der Waals surface area contributed by atoms with E-state index in [1.54, 1.807) is 18.2 Å². The van der Waals surface area contributed by atoms with Crippen LogP contribution in [0.5, 0.6) is 0 Å². The van der Waals surface area contributed by atoms with Crippen molar-refractivity contribution in [2.75, 3.05) is 23.4 Å². The van der Waals surface area contributed by atoms with Crippen molar-refractivity contribution in [3.05, 3.63) is 65.6 Å². The highest BCUT2D eigenvalue weighted by Gasteiger charge is 2.34. The van der Waals surface area contributed by atoms with E-state index in [0.29, 0.717) is 23.1 Å². The van der Waals surface area contributed by atoms with E-state index in [9.17, 15) is 18.0 Å². The largest absolute Gasteiger partial charge is 0.419 e. The standard InChI is InChI=1S/C20H18F3N7O/c1-26-19(31)18-15(3-2-6-27-18)30-16-8-17(28-10-13(16)20(21,22)23)29-12-4-5-14(25)11(7-12)9-24/h2-10,24H,25H2,1H3,(H,26,31)(H2,28,29,30). The zero-order chi connectivity index (χ0) is 22.6. The summed E-state index contributed by atoms with van der Waals surface area (Å²) in [6, 6.07) is 8.86. The maximum absolute atomic E-state index is 13.5. The number of halogens is 3. The highest BCUT2D eigenvalue weighted by atomic mass is 19.4. The fraction of sp³-hybridized carbons (Fsp3) is 0.100. The van der Waals surface area contributed by atoms with Crippen LogP contribution in [0.3, 0.4) is 0 Å². The predicted molar refractivity (Wildman–Crippen MR) is 112 cm³/mol. The maximum Gasteiger partial charge on any atom is 0.419 e. The maximum atomic E-state index is 13.5. The first-order valence-corrected chi connectivity index (χ1v) is 8.91. The van der Waals surface area contributed by atoms with Crippen LogP contribution in [0, 0.1) is 5.41 Å². The van der Waals surface area contributed by atoms with Crippen molar-refractivity contribution in [1.29, 1.82) is 5.41 Å². The number of amides is 1. The van der Waals surface area contributed by atoms with Gasteiger partial charge >= 0.3 is 6.18 Å². The quantitative estimate of drug-likeness (QED) is 0.298. The lowest BCUT2D eigenvalue weighted by molar-refractivity contribution is -0.137. The molecular weight excluding hydrogens is 411 g/mol. The summed E-state index contributed by atoms with van der Waals surface area (Å²) < 4.78 is 40.6. The molecule has 0 saturated heterocycles. The van der Waals surface area contributed by atoms with E-state index in [1.165, 1.54) is 31.4 Å². The fourth-order valence-electron chi connectivity index (χ4n) is 2.73. The van der Waals surface area contributed by atoms with Gasteiger partial charge in [0.15, 0.2) is 5.69 Å². The number of alkyl halides is 3. The number of carbonyl (C=O) groups is 1. The predicted octanol–water partition coefficient (Wildman–Crippen LogP) is 3.92. The molecule has 1 amide bonds. The Morgan fingerprint density at radius 1 is 1.13 bits per heavy atom. The second-order valence-corrected chi connectivity index (χ2v) is 6.33. The average molecular weight is 429 g/mol. The Labute approximate surface area is 175 Å². The Kier molecular flexibility index (Phi) is 6.05. The van der Waals surface area contributed by atoms with Gasteiger partial charge in [-0.05, 0) is 30.3 Å². The first-order chi connectivity index (χ1) is 14.7. The summed E-state index contributed by atoms with van der Waals surface area (Å²) in [5, 5.41) is 15.3. The fourth-order valence-corrected chi connectivity index (χ4v) is 2.73. The number of hydrogen-bond acceptors (Lipinski definition) is 7. The van der Waals surface area contributed by atoms with Gasteiger partial charge in [0.2, 0.25) is 0 Å². The van der Waals surface area contributed by atoms with E-state index >= 15 is 0 Å². The zero-order valence-corrected chi connectivity index (χ0v) is 16.2. The van der Waals surface area contributed by atoms with Gasteiger partial charge in [0.25, 0.3) is 5.91 Å². The van der Waals surface area contributed by atoms with E-state index in [-0.39, 0.29) is 22.9 Å². The molecule has 0 saturated carbocycles. The third-order valence-electron chi connectivity index (χ3n) is 4.24. The molecule has 3 aromatic rings. The summed E-state index contributed by atoms with van der Waals surface area (Å²) in [6.45, 7) is 0. The van der Waals surface area contributed by atoms with E-state index in [2.05, 4.69) is 25.9 Å². The molecule has 8 nitrogen and oxygen atoms in total. The topological polar surface area (TPSA) is 129 Å². The SMILES string of the molecule is CNC(=O)c1ncccc1Nc1cc(Nc2ccc(N)c(C=N)c2)ncc1C(F)(F)F. The third kappa shape index (κ3) is 4.89. The van der Waals surface area contributed by atoms with E-state index in [1.807, 2.05) is 0 Å². The lowest BCUT2D eigenvalue weighted by Crippen LogP contribution is -2.21. The van der Waals surface area contributed by atoms with Crippen molar-refractivity contribution in [1.82, 2.24) is 15.3 Å². The second-order valence-electron chi connectivity index (χ2n) is 6.33. The number of nitrogen functional groups attached to an aromatic ring is 1. The van der Waals surface area contributed by atoms with Gasteiger partial charge in [0.05, 0.1) is 16.9 Å². The van der Waals surface area contributed by atoms with Crippen LogP contribution in [0.4, 0.5) is 41.7 Å². The molecule has 3 rings (SSSR count). The van der Waals surface area contributed by atoms with Gasteiger partial charge in [-0.1, -0.05) is 0 Å². The van der Waals surface area contributed by atoms with Crippen molar-refractivity contribution < 1.29 is 18.0 Å². The average Bonchev–Trinajstić information content (AvgIpc) is 2.74. The Balaban J connectivity index is 2.01. The van der Waals surface area contributed by atoms with Gasteiger partial charge in [-0.3, -0.25) is 4.79 Å². The molecule has 0 aliphatic carbocycles. The summed E-state index contributed by atoms with van der Waals surface area (Å²) in [6.07, 6.45) is -1.56. The Bertz CT molecular complexity index is 1130. The van der Waals surface area contributed by atoms with Crippen LogP contribution in [-0.2, 0) is 6.18 Å². The number of hydrogen-bond donors (Lipinski definition) is 5. The molecule has 0 fully saturated rings. The zero-order valence-electron chi connectivity index (χ0n) is 16.2. The summed E-state index contributed by atoms with van der Waals surface area (Å²) in [5.41, 5.74) is 5.79.